The molecule has 9 heteroatoms. The van der Waals surface area contributed by atoms with E-state index in [1.807, 2.05) is 41.9 Å². The van der Waals surface area contributed by atoms with Gasteiger partial charge < -0.3 is 19.1 Å². The number of carboxylic acid groups (broad SMARTS) is 1. The summed E-state index contributed by atoms with van der Waals surface area (Å²) in [7, 11) is 1.89. The first-order chi connectivity index (χ1) is 18.3. The van der Waals surface area contributed by atoms with Crippen LogP contribution in [0.15, 0.2) is 47.1 Å². The molecule has 0 radical (unpaired) electrons. The topological polar surface area (TPSA) is 74.7 Å². The molecule has 4 aromatic rings. The third-order valence-electron chi connectivity index (χ3n) is 7.95. The van der Waals surface area contributed by atoms with Crippen molar-refractivity contribution in [2.45, 2.75) is 38.1 Å². The average Bonchev–Trinajstić information content (AvgIpc) is 3.57. The summed E-state index contributed by atoms with van der Waals surface area (Å²) >= 11 is 13.1. The van der Waals surface area contributed by atoms with E-state index in [9.17, 15) is 9.90 Å². The van der Waals surface area contributed by atoms with Crippen molar-refractivity contribution in [3.63, 3.8) is 0 Å². The molecule has 2 aliphatic rings. The standard InChI is InChI=1S/C29H30Cl2N4O3/c1-17-15-35(19-8-9-20-22(29(36)37)16-33(2)25(20)14-19)13-12-34(17)11-10-21-27(32-38-28(21)18-6-7-18)26-23(30)4-3-5-24(26)31/h3-5,8-9,14,16-18H,6-7,10-13,15H2,1-2H3,(H,36,37)/t17-/m0/s1. The van der Waals surface area contributed by atoms with Crippen molar-refractivity contribution in [2.75, 3.05) is 31.1 Å². The van der Waals surface area contributed by atoms with Crippen LogP contribution in [0.5, 0.6) is 0 Å². The highest BCUT2D eigenvalue weighted by molar-refractivity contribution is 6.39. The molecule has 2 fully saturated rings. The van der Waals surface area contributed by atoms with E-state index in [1.165, 1.54) is 0 Å². The molecule has 0 amide bonds. The van der Waals surface area contributed by atoms with E-state index in [-0.39, 0.29) is 0 Å². The second-order valence-corrected chi connectivity index (χ2v) is 11.3. The summed E-state index contributed by atoms with van der Waals surface area (Å²) in [4.78, 5) is 16.5. The second-order valence-electron chi connectivity index (χ2n) is 10.5. The summed E-state index contributed by atoms with van der Waals surface area (Å²) in [5.41, 5.74) is 5.03. The van der Waals surface area contributed by atoms with Gasteiger partial charge in [0.15, 0.2) is 0 Å². The fraction of sp³-hybridized carbons (Fsp3) is 0.379. The zero-order chi connectivity index (χ0) is 26.6. The lowest BCUT2D eigenvalue weighted by Crippen LogP contribution is -2.52. The van der Waals surface area contributed by atoms with Crippen LogP contribution < -0.4 is 4.90 Å². The summed E-state index contributed by atoms with van der Waals surface area (Å²) in [5.74, 6) is 0.526. The monoisotopic (exact) mass is 552 g/mol. The quantitative estimate of drug-likeness (QED) is 0.283. The lowest BCUT2D eigenvalue weighted by atomic mass is 10.0. The number of nitrogens with zero attached hydrogens (tertiary/aromatic N) is 4. The van der Waals surface area contributed by atoms with Crippen LogP contribution in [-0.2, 0) is 13.5 Å². The second kappa shape index (κ2) is 9.95. The third-order valence-corrected chi connectivity index (χ3v) is 8.58. The van der Waals surface area contributed by atoms with Crippen molar-refractivity contribution in [1.82, 2.24) is 14.6 Å². The number of piperazine rings is 1. The molecule has 1 aliphatic carbocycles. The van der Waals surface area contributed by atoms with Crippen LogP contribution in [-0.4, -0.2) is 57.9 Å². The van der Waals surface area contributed by atoms with Crippen LogP contribution in [0.25, 0.3) is 22.2 Å². The lowest BCUT2D eigenvalue weighted by molar-refractivity contribution is 0.0699. The Morgan fingerprint density at radius 3 is 2.61 bits per heavy atom. The van der Waals surface area contributed by atoms with Crippen molar-refractivity contribution in [3.05, 3.63) is 69.5 Å². The Kier molecular flexibility index (Phi) is 6.62. The van der Waals surface area contributed by atoms with Gasteiger partial charge in [-0.3, -0.25) is 4.90 Å². The summed E-state index contributed by atoms with van der Waals surface area (Å²) in [6, 6.07) is 11.9. The molecule has 1 atom stereocenters. The number of fused-ring (bicyclic) bond motifs is 1. The molecule has 1 aliphatic heterocycles. The smallest absolute Gasteiger partial charge is 0.337 e. The van der Waals surface area contributed by atoms with Gasteiger partial charge in [0.25, 0.3) is 0 Å². The summed E-state index contributed by atoms with van der Waals surface area (Å²) in [6.45, 7) is 5.87. The summed E-state index contributed by atoms with van der Waals surface area (Å²) in [6.07, 6.45) is 4.77. The van der Waals surface area contributed by atoms with Gasteiger partial charge in [-0.05, 0) is 56.5 Å². The Bertz CT molecular complexity index is 1500. The van der Waals surface area contributed by atoms with Crippen LogP contribution in [0, 0.1) is 0 Å². The van der Waals surface area contributed by atoms with Gasteiger partial charge in [0.2, 0.25) is 0 Å². The minimum atomic E-state index is -0.900. The maximum atomic E-state index is 11.6. The average molecular weight is 553 g/mol. The predicted molar refractivity (Wildman–Crippen MR) is 151 cm³/mol. The van der Waals surface area contributed by atoms with Crippen LogP contribution in [0.4, 0.5) is 5.69 Å². The Labute approximate surface area is 231 Å². The number of hydrogen-bond acceptors (Lipinski definition) is 5. The van der Waals surface area contributed by atoms with Crippen molar-refractivity contribution in [2.24, 2.45) is 7.05 Å². The maximum Gasteiger partial charge on any atom is 0.337 e. The molecule has 0 bridgehead atoms. The molecule has 2 aromatic carbocycles. The fourth-order valence-corrected chi connectivity index (χ4v) is 6.28. The number of carboxylic acids is 1. The van der Waals surface area contributed by atoms with Gasteiger partial charge in [-0.1, -0.05) is 34.4 Å². The number of anilines is 1. The fourth-order valence-electron chi connectivity index (χ4n) is 5.71. The van der Waals surface area contributed by atoms with Crippen molar-refractivity contribution in [3.8, 4) is 11.3 Å². The highest BCUT2D eigenvalue weighted by atomic mass is 35.5. The van der Waals surface area contributed by atoms with Crippen LogP contribution >= 0.6 is 23.2 Å². The largest absolute Gasteiger partial charge is 0.478 e. The zero-order valence-corrected chi connectivity index (χ0v) is 23.0. The Morgan fingerprint density at radius 1 is 1.16 bits per heavy atom. The van der Waals surface area contributed by atoms with Gasteiger partial charge >= 0.3 is 5.97 Å². The van der Waals surface area contributed by atoms with E-state index in [1.54, 1.807) is 6.20 Å². The normalized spacial score (nSPS) is 18.4. The summed E-state index contributed by atoms with van der Waals surface area (Å²) in [5, 5.41) is 15.9. The first-order valence-corrected chi connectivity index (χ1v) is 13.8. The third kappa shape index (κ3) is 4.57. The number of rotatable bonds is 7. The van der Waals surface area contributed by atoms with Gasteiger partial charge in [0.05, 0.1) is 21.1 Å². The first kappa shape index (κ1) is 25.3. The zero-order valence-electron chi connectivity index (χ0n) is 21.5. The molecule has 1 saturated carbocycles. The van der Waals surface area contributed by atoms with E-state index >= 15 is 0 Å². The summed E-state index contributed by atoms with van der Waals surface area (Å²) < 4.78 is 7.74. The SMILES string of the molecule is C[C@H]1CN(c2ccc3c(C(=O)O)cn(C)c3c2)CCN1CCc1c(-c2c(Cl)cccc2Cl)noc1C1CC1. The van der Waals surface area contributed by atoms with Crippen LogP contribution in [0.1, 0.15) is 47.4 Å². The number of hydrogen-bond donors (Lipinski definition) is 1. The molecule has 7 nitrogen and oxygen atoms in total. The number of halogens is 2. The van der Waals surface area contributed by atoms with Crippen LogP contribution in [0.2, 0.25) is 10.0 Å². The van der Waals surface area contributed by atoms with Crippen molar-refractivity contribution < 1.29 is 14.4 Å². The molecule has 3 heterocycles. The molecule has 0 unspecified atom stereocenters. The molecular formula is C29H30Cl2N4O3. The van der Waals surface area contributed by atoms with Crippen molar-refractivity contribution >= 4 is 45.8 Å². The van der Waals surface area contributed by atoms with Gasteiger partial charge in [0.1, 0.15) is 11.5 Å². The number of aromatic carboxylic acids is 1. The Morgan fingerprint density at radius 2 is 1.92 bits per heavy atom. The molecule has 38 heavy (non-hydrogen) atoms. The van der Waals surface area contributed by atoms with Crippen LogP contribution in [0.3, 0.4) is 0 Å². The highest BCUT2D eigenvalue weighted by Gasteiger charge is 2.34. The Balaban J connectivity index is 1.18. The number of aryl methyl sites for hydroxylation is 1. The first-order valence-electron chi connectivity index (χ1n) is 13.1. The number of aromatic nitrogens is 2. The number of carbonyl (C=O) groups is 1. The maximum absolute atomic E-state index is 11.6. The van der Waals surface area contributed by atoms with E-state index in [2.05, 4.69) is 27.9 Å². The van der Waals surface area contributed by atoms with Gasteiger partial charge in [-0.25, -0.2) is 4.79 Å². The van der Waals surface area contributed by atoms with E-state index in [4.69, 9.17) is 27.7 Å². The molecular weight excluding hydrogens is 523 g/mol. The molecule has 2 aromatic heterocycles. The highest BCUT2D eigenvalue weighted by Crippen LogP contribution is 2.46. The molecule has 1 saturated heterocycles. The van der Waals surface area contributed by atoms with Crippen molar-refractivity contribution in [1.29, 1.82) is 0 Å². The predicted octanol–water partition coefficient (Wildman–Crippen LogP) is 6.47. The van der Waals surface area contributed by atoms with Gasteiger partial charge in [-0.15, -0.1) is 0 Å². The minimum absolute atomic E-state index is 0.337. The van der Waals surface area contributed by atoms with Gasteiger partial charge in [0, 0.05) is 73.6 Å². The van der Waals surface area contributed by atoms with Gasteiger partial charge in [-0.2, -0.15) is 0 Å². The van der Waals surface area contributed by atoms with E-state index < -0.39 is 5.97 Å². The molecule has 0 spiro atoms. The van der Waals surface area contributed by atoms with E-state index in [0.29, 0.717) is 27.6 Å². The number of benzene rings is 2. The minimum Gasteiger partial charge on any atom is -0.478 e. The molecule has 1 N–H and O–H groups in total. The lowest BCUT2D eigenvalue weighted by Gasteiger charge is -2.41. The Hall–Kier alpha value is -3.00. The van der Waals surface area contributed by atoms with E-state index in [0.717, 1.165) is 84.6 Å². The molecule has 198 valence electrons. The molecule has 6 rings (SSSR count).